The maximum Gasteiger partial charge on any atom is 0.0695 e. The summed E-state index contributed by atoms with van der Waals surface area (Å²) in [5, 5.41) is 11.2. The molecule has 1 fully saturated rings. The van der Waals surface area contributed by atoms with Crippen molar-refractivity contribution in [1.29, 1.82) is 0 Å². The molecule has 0 radical (unpaired) electrons. The number of H-pyrrole nitrogens is 1. The highest BCUT2D eigenvalue weighted by Crippen LogP contribution is 2.24. The SMILES string of the molecule is Cc1ccc(-c2[nH]ncc2CNC2CCN(c3ccccc3)CC2)cc1C. The van der Waals surface area contributed by atoms with E-state index < -0.39 is 0 Å². The Balaban J connectivity index is 1.35. The van der Waals surface area contributed by atoms with Crippen molar-refractivity contribution in [1.82, 2.24) is 15.5 Å². The Kier molecular flexibility index (Phi) is 5.26. The highest BCUT2D eigenvalue weighted by atomic mass is 15.1. The molecule has 1 aliphatic rings. The number of aryl methyl sites for hydroxylation is 2. The van der Waals surface area contributed by atoms with E-state index in [2.05, 4.69) is 82.8 Å². The number of hydrogen-bond acceptors (Lipinski definition) is 3. The van der Waals surface area contributed by atoms with Gasteiger partial charge in [0.15, 0.2) is 0 Å². The number of hydrogen-bond donors (Lipinski definition) is 2. The molecule has 0 spiro atoms. The molecule has 0 amide bonds. The molecule has 3 aromatic rings. The van der Waals surface area contributed by atoms with Crippen LogP contribution in [0.5, 0.6) is 0 Å². The van der Waals surface area contributed by atoms with Gasteiger partial charge in [-0.15, -0.1) is 0 Å². The molecule has 2 aromatic carbocycles. The maximum absolute atomic E-state index is 4.29. The van der Waals surface area contributed by atoms with Crippen molar-refractivity contribution >= 4 is 5.69 Å². The molecular weight excluding hydrogens is 332 g/mol. The number of anilines is 1. The average molecular weight is 361 g/mol. The van der Waals surface area contributed by atoms with Crippen LogP contribution in [0.1, 0.15) is 29.5 Å². The Bertz CT molecular complexity index is 876. The van der Waals surface area contributed by atoms with Gasteiger partial charge in [0.2, 0.25) is 0 Å². The first-order valence-corrected chi connectivity index (χ1v) is 9.84. The van der Waals surface area contributed by atoms with E-state index in [1.165, 1.54) is 40.8 Å². The first kappa shape index (κ1) is 17.8. The largest absolute Gasteiger partial charge is 0.371 e. The van der Waals surface area contributed by atoms with Gasteiger partial charge in [-0.25, -0.2) is 0 Å². The van der Waals surface area contributed by atoms with Crippen molar-refractivity contribution in [2.45, 2.75) is 39.3 Å². The fraction of sp³-hybridized carbons (Fsp3) is 0.348. The molecule has 0 bridgehead atoms. The minimum atomic E-state index is 0.562. The summed E-state index contributed by atoms with van der Waals surface area (Å²) in [4.78, 5) is 2.48. The standard InChI is InChI=1S/C23H28N4/c1-17-8-9-19(14-18(17)2)23-20(16-25-26-23)15-24-21-10-12-27(13-11-21)22-6-4-3-5-7-22/h3-9,14,16,21,24H,10-13,15H2,1-2H3,(H,25,26). The van der Waals surface area contributed by atoms with Crippen LogP contribution in [0.15, 0.2) is 54.7 Å². The number of aromatic amines is 1. The molecule has 0 atom stereocenters. The van der Waals surface area contributed by atoms with Gasteiger partial charge in [0.1, 0.15) is 0 Å². The first-order valence-electron chi connectivity index (χ1n) is 9.84. The summed E-state index contributed by atoms with van der Waals surface area (Å²) in [6.07, 6.45) is 4.30. The maximum atomic E-state index is 4.29. The highest BCUT2D eigenvalue weighted by molar-refractivity contribution is 5.64. The Morgan fingerprint density at radius 2 is 1.81 bits per heavy atom. The van der Waals surface area contributed by atoms with Crippen LogP contribution < -0.4 is 10.2 Å². The fourth-order valence-electron chi connectivity index (χ4n) is 3.83. The van der Waals surface area contributed by atoms with Crippen LogP contribution >= 0.6 is 0 Å². The molecule has 4 rings (SSSR count). The summed E-state index contributed by atoms with van der Waals surface area (Å²) in [5.41, 5.74) is 7.56. The average Bonchev–Trinajstić information content (AvgIpc) is 3.18. The molecule has 2 heterocycles. The van der Waals surface area contributed by atoms with E-state index >= 15 is 0 Å². The van der Waals surface area contributed by atoms with Gasteiger partial charge in [0, 0.05) is 42.5 Å². The van der Waals surface area contributed by atoms with Gasteiger partial charge in [0.25, 0.3) is 0 Å². The second kappa shape index (κ2) is 7.97. The summed E-state index contributed by atoms with van der Waals surface area (Å²) in [6.45, 7) is 7.38. The molecule has 1 saturated heterocycles. The topological polar surface area (TPSA) is 44.0 Å². The first-order chi connectivity index (χ1) is 13.2. The van der Waals surface area contributed by atoms with Crippen molar-refractivity contribution in [3.8, 4) is 11.3 Å². The van der Waals surface area contributed by atoms with Gasteiger partial charge < -0.3 is 10.2 Å². The van der Waals surface area contributed by atoms with E-state index in [4.69, 9.17) is 0 Å². The molecule has 0 saturated carbocycles. The van der Waals surface area contributed by atoms with Crippen LogP contribution in [0.25, 0.3) is 11.3 Å². The lowest BCUT2D eigenvalue weighted by Gasteiger charge is -2.34. The molecule has 140 valence electrons. The monoisotopic (exact) mass is 360 g/mol. The Labute approximate surface area is 161 Å². The zero-order chi connectivity index (χ0) is 18.6. The van der Waals surface area contributed by atoms with Crippen LogP contribution in [-0.2, 0) is 6.54 Å². The van der Waals surface area contributed by atoms with Crippen LogP contribution in [0.3, 0.4) is 0 Å². The second-order valence-electron chi connectivity index (χ2n) is 7.55. The number of nitrogens with zero attached hydrogens (tertiary/aromatic N) is 2. The molecule has 0 aliphatic carbocycles. The molecule has 2 N–H and O–H groups in total. The molecule has 1 aromatic heterocycles. The number of benzene rings is 2. The zero-order valence-electron chi connectivity index (χ0n) is 16.2. The lowest BCUT2D eigenvalue weighted by molar-refractivity contribution is 0.414. The third-order valence-electron chi connectivity index (χ3n) is 5.71. The molecule has 27 heavy (non-hydrogen) atoms. The van der Waals surface area contributed by atoms with E-state index in [-0.39, 0.29) is 0 Å². The van der Waals surface area contributed by atoms with E-state index in [1.807, 2.05) is 6.20 Å². The number of nitrogens with one attached hydrogen (secondary N) is 2. The molecule has 0 unspecified atom stereocenters. The second-order valence-corrected chi connectivity index (χ2v) is 7.55. The lowest BCUT2D eigenvalue weighted by atomic mass is 10.0. The summed E-state index contributed by atoms with van der Waals surface area (Å²) < 4.78 is 0. The fourth-order valence-corrected chi connectivity index (χ4v) is 3.83. The van der Waals surface area contributed by atoms with Gasteiger partial charge in [-0.3, -0.25) is 5.10 Å². The minimum absolute atomic E-state index is 0.562. The third kappa shape index (κ3) is 4.06. The van der Waals surface area contributed by atoms with E-state index in [0.29, 0.717) is 6.04 Å². The van der Waals surface area contributed by atoms with Crippen molar-refractivity contribution in [3.05, 3.63) is 71.4 Å². The molecule has 4 nitrogen and oxygen atoms in total. The quantitative estimate of drug-likeness (QED) is 0.706. The highest BCUT2D eigenvalue weighted by Gasteiger charge is 2.19. The van der Waals surface area contributed by atoms with E-state index in [0.717, 1.165) is 25.3 Å². The summed E-state index contributed by atoms with van der Waals surface area (Å²) >= 11 is 0. The van der Waals surface area contributed by atoms with Gasteiger partial charge in [-0.1, -0.05) is 30.3 Å². The summed E-state index contributed by atoms with van der Waals surface area (Å²) in [7, 11) is 0. The zero-order valence-corrected chi connectivity index (χ0v) is 16.2. The van der Waals surface area contributed by atoms with Crippen LogP contribution in [0, 0.1) is 13.8 Å². The van der Waals surface area contributed by atoms with Crippen molar-refractivity contribution in [2.75, 3.05) is 18.0 Å². The molecule has 4 heteroatoms. The Morgan fingerprint density at radius 3 is 2.56 bits per heavy atom. The van der Waals surface area contributed by atoms with Crippen LogP contribution in [0.2, 0.25) is 0 Å². The predicted molar refractivity (Wildman–Crippen MR) is 112 cm³/mol. The number of rotatable bonds is 5. The normalized spacial score (nSPS) is 15.3. The van der Waals surface area contributed by atoms with Gasteiger partial charge in [-0.05, 0) is 56.0 Å². The number of piperidine rings is 1. The Hall–Kier alpha value is -2.59. The van der Waals surface area contributed by atoms with Gasteiger partial charge in [0.05, 0.1) is 11.9 Å². The molecule has 1 aliphatic heterocycles. The van der Waals surface area contributed by atoms with Crippen molar-refractivity contribution in [3.63, 3.8) is 0 Å². The molecular formula is C23H28N4. The minimum Gasteiger partial charge on any atom is -0.371 e. The number of aromatic nitrogens is 2. The van der Waals surface area contributed by atoms with Crippen molar-refractivity contribution < 1.29 is 0 Å². The van der Waals surface area contributed by atoms with E-state index in [9.17, 15) is 0 Å². The van der Waals surface area contributed by atoms with Gasteiger partial charge >= 0.3 is 0 Å². The van der Waals surface area contributed by atoms with Crippen LogP contribution in [0.4, 0.5) is 5.69 Å². The lowest BCUT2D eigenvalue weighted by Crippen LogP contribution is -2.42. The van der Waals surface area contributed by atoms with Crippen molar-refractivity contribution in [2.24, 2.45) is 0 Å². The predicted octanol–water partition coefficient (Wildman–Crippen LogP) is 4.45. The Morgan fingerprint density at radius 1 is 1.04 bits per heavy atom. The smallest absolute Gasteiger partial charge is 0.0695 e. The van der Waals surface area contributed by atoms with Gasteiger partial charge in [-0.2, -0.15) is 5.10 Å². The van der Waals surface area contributed by atoms with E-state index in [1.54, 1.807) is 0 Å². The number of para-hydroxylation sites is 1. The summed E-state index contributed by atoms with van der Waals surface area (Å²) in [5.74, 6) is 0. The summed E-state index contributed by atoms with van der Waals surface area (Å²) in [6, 6.07) is 17.9. The third-order valence-corrected chi connectivity index (χ3v) is 5.71. The van der Waals surface area contributed by atoms with Crippen LogP contribution in [-0.4, -0.2) is 29.3 Å².